The molecule has 43 heavy (non-hydrogen) atoms. The van der Waals surface area contributed by atoms with Gasteiger partial charge in [-0.15, -0.1) is 0 Å². The number of halogens is 2. The predicted octanol–water partition coefficient (Wildman–Crippen LogP) is 3.17. The van der Waals surface area contributed by atoms with Gasteiger partial charge in [-0.05, 0) is 59.1 Å². The van der Waals surface area contributed by atoms with E-state index in [0.717, 1.165) is 0 Å². The van der Waals surface area contributed by atoms with Gasteiger partial charge in [0.25, 0.3) is 0 Å². The Morgan fingerprint density at radius 3 is 2.60 bits per heavy atom. The molecule has 0 radical (unpaired) electrons. The van der Waals surface area contributed by atoms with Crippen molar-refractivity contribution in [3.05, 3.63) is 35.0 Å². The Balaban J connectivity index is 1.29. The van der Waals surface area contributed by atoms with Crippen LogP contribution in [0.1, 0.15) is 58.8 Å². The molecule has 3 saturated heterocycles. The van der Waals surface area contributed by atoms with Crippen LogP contribution in [0, 0.1) is 5.82 Å². The van der Waals surface area contributed by atoms with E-state index in [4.69, 9.17) is 21.1 Å². The number of anilines is 1. The van der Waals surface area contributed by atoms with Crippen LogP contribution in [0.15, 0.2) is 18.3 Å². The monoisotopic (exact) mass is 638 g/mol. The average molecular weight is 639 g/mol. The van der Waals surface area contributed by atoms with E-state index >= 15 is 4.39 Å². The van der Waals surface area contributed by atoms with Gasteiger partial charge in [0.05, 0.1) is 46.4 Å². The van der Waals surface area contributed by atoms with Gasteiger partial charge in [-0.1, -0.05) is 11.6 Å². The fraction of sp³-hybridized carbons (Fsp3) is 0.607. The Morgan fingerprint density at radius 2 is 1.93 bits per heavy atom. The van der Waals surface area contributed by atoms with Crippen molar-refractivity contribution in [2.45, 2.75) is 88.3 Å². The second-order valence-corrected chi connectivity index (χ2v) is 14.7. The zero-order valence-corrected chi connectivity index (χ0v) is 25.9. The normalized spacial score (nSPS) is 25.6. The van der Waals surface area contributed by atoms with E-state index < -0.39 is 51.1 Å². The highest BCUT2D eigenvalue weighted by Crippen LogP contribution is 2.38. The van der Waals surface area contributed by atoms with Crippen LogP contribution in [0.5, 0.6) is 0 Å². The molecule has 0 spiro atoms. The number of sulfonamides is 1. The smallest absolute Gasteiger partial charge is 0.223 e. The third-order valence-corrected chi connectivity index (χ3v) is 11.0. The topological polar surface area (TPSA) is 152 Å². The lowest BCUT2D eigenvalue weighted by molar-refractivity contribution is -0.0562. The minimum atomic E-state index is -3.70. The summed E-state index contributed by atoms with van der Waals surface area (Å²) < 4.78 is 56.6. The largest absolute Gasteiger partial charge is 0.387 e. The van der Waals surface area contributed by atoms with Crippen molar-refractivity contribution in [1.29, 1.82) is 0 Å². The molecule has 3 aliphatic heterocycles. The molecule has 2 aromatic heterocycles. The van der Waals surface area contributed by atoms with Gasteiger partial charge in [0, 0.05) is 24.8 Å². The number of ether oxygens (including phenoxy) is 2. The van der Waals surface area contributed by atoms with E-state index in [1.54, 1.807) is 24.5 Å². The molecule has 234 valence electrons. The molecule has 0 aliphatic carbocycles. The Morgan fingerprint density at radius 1 is 1.21 bits per heavy atom. The Kier molecular flexibility index (Phi) is 7.93. The molecular formula is C28H36ClFN6O6S. The second kappa shape index (κ2) is 11.2. The summed E-state index contributed by atoms with van der Waals surface area (Å²) in [5.74, 6) is -0.122. The molecule has 1 aromatic carbocycles. The first-order valence-corrected chi connectivity index (χ1v) is 16.3. The molecule has 3 N–H and O–H groups in total. The van der Waals surface area contributed by atoms with Gasteiger partial charge in [0.2, 0.25) is 16.0 Å². The van der Waals surface area contributed by atoms with E-state index in [0.29, 0.717) is 43.0 Å². The molecule has 3 aliphatic rings. The highest BCUT2D eigenvalue weighted by Gasteiger charge is 2.54. The molecule has 15 heteroatoms. The van der Waals surface area contributed by atoms with Gasteiger partial charge >= 0.3 is 0 Å². The lowest BCUT2D eigenvalue weighted by atomic mass is 9.98. The summed E-state index contributed by atoms with van der Waals surface area (Å²) in [6, 6.07) is 1.82. The Labute approximate surface area is 254 Å². The molecular weight excluding hydrogens is 603 g/mol. The number of hydrogen-bond donors (Lipinski definition) is 3. The van der Waals surface area contributed by atoms with Gasteiger partial charge in [-0.3, -0.25) is 0 Å². The molecule has 5 heterocycles. The minimum absolute atomic E-state index is 0.124. The Bertz CT molecular complexity index is 1640. The minimum Gasteiger partial charge on any atom is -0.387 e. The van der Waals surface area contributed by atoms with Crippen LogP contribution in [-0.4, -0.2) is 91.9 Å². The highest BCUT2D eigenvalue weighted by molar-refractivity contribution is 7.89. The number of piperidine rings is 1. The number of aliphatic hydroxyl groups excluding tert-OH is 1. The van der Waals surface area contributed by atoms with Crippen LogP contribution >= 0.6 is 11.6 Å². The molecule has 0 unspecified atom stereocenters. The van der Waals surface area contributed by atoms with Crippen molar-refractivity contribution in [2.24, 2.45) is 0 Å². The van der Waals surface area contributed by atoms with Crippen LogP contribution in [0.4, 0.5) is 10.3 Å². The molecule has 3 fully saturated rings. The number of nitrogens with one attached hydrogen (secondary N) is 1. The van der Waals surface area contributed by atoms with Crippen LogP contribution < -0.4 is 5.32 Å². The fourth-order valence-corrected chi connectivity index (χ4v) is 8.68. The summed E-state index contributed by atoms with van der Waals surface area (Å²) in [7, 11) is -3.70. The summed E-state index contributed by atoms with van der Waals surface area (Å²) in [5, 5.41) is 24.7. The standard InChI is InChI=1S/C28H36ClFN6O6S/c1-14(2)35-21-10-15(9-19(30)23(21)33-26(35)28(3,4)38)22-18(29)12-31-27(34-22)32-20-11-16-13-42-25(24(20)37)36(16)43(39,40)17-5-7-41-8-6-17/h9-10,12,14,16-17,20,24-25,37-38H,5-8,11,13H2,1-4H3,(H,31,32,34)/t16-,20+,24-,25-/m0/s1. The van der Waals surface area contributed by atoms with Crippen molar-refractivity contribution in [1.82, 2.24) is 23.8 Å². The highest BCUT2D eigenvalue weighted by atomic mass is 35.5. The first-order valence-electron chi connectivity index (χ1n) is 14.4. The summed E-state index contributed by atoms with van der Waals surface area (Å²) in [5.41, 5.74) is -0.0587. The van der Waals surface area contributed by atoms with Gasteiger partial charge in [0.15, 0.2) is 12.0 Å². The van der Waals surface area contributed by atoms with E-state index in [2.05, 4.69) is 20.3 Å². The average Bonchev–Trinajstić information content (AvgIpc) is 3.53. The lowest BCUT2D eigenvalue weighted by Gasteiger charge is -2.41. The number of aliphatic hydroxyl groups is 2. The number of aromatic nitrogens is 4. The maximum atomic E-state index is 15.4. The van der Waals surface area contributed by atoms with Gasteiger partial charge in [-0.25, -0.2) is 27.8 Å². The van der Waals surface area contributed by atoms with Crippen LogP contribution in [0.3, 0.4) is 0 Å². The summed E-state index contributed by atoms with van der Waals surface area (Å²) in [4.78, 5) is 13.2. The van der Waals surface area contributed by atoms with Crippen molar-refractivity contribution in [3.8, 4) is 11.3 Å². The van der Waals surface area contributed by atoms with E-state index in [-0.39, 0.29) is 41.3 Å². The maximum Gasteiger partial charge on any atom is 0.223 e. The fourth-order valence-electron chi connectivity index (χ4n) is 6.31. The lowest BCUT2D eigenvalue weighted by Crippen LogP contribution is -2.60. The number of imidazole rings is 1. The van der Waals surface area contributed by atoms with Crippen molar-refractivity contribution in [3.63, 3.8) is 0 Å². The Hall–Kier alpha value is -2.46. The zero-order valence-electron chi connectivity index (χ0n) is 24.4. The predicted molar refractivity (Wildman–Crippen MR) is 158 cm³/mol. The maximum absolute atomic E-state index is 15.4. The first kappa shape index (κ1) is 30.6. The zero-order chi connectivity index (χ0) is 30.8. The van der Waals surface area contributed by atoms with Crippen molar-refractivity contribution in [2.75, 3.05) is 25.1 Å². The summed E-state index contributed by atoms with van der Waals surface area (Å²) >= 11 is 6.50. The van der Waals surface area contributed by atoms with Crippen LogP contribution in [0.25, 0.3) is 22.3 Å². The van der Waals surface area contributed by atoms with Crippen LogP contribution in [-0.2, 0) is 25.1 Å². The summed E-state index contributed by atoms with van der Waals surface area (Å²) in [6.45, 7) is 7.97. The SMILES string of the molecule is CC(C)n1c(C(C)(C)O)nc2c(F)cc(-c3nc(N[C@@H]4C[C@H]5CO[C@@H]([C@H]4O)N5S(=O)(=O)C4CCOCC4)ncc3Cl)cc21. The number of benzene rings is 1. The molecule has 12 nitrogen and oxygen atoms in total. The number of hydrogen-bond acceptors (Lipinski definition) is 10. The molecule has 3 aromatic rings. The van der Waals surface area contributed by atoms with Crippen molar-refractivity contribution < 1.29 is 32.5 Å². The van der Waals surface area contributed by atoms with E-state index in [1.807, 2.05) is 13.8 Å². The van der Waals surface area contributed by atoms with E-state index in [9.17, 15) is 18.6 Å². The number of rotatable bonds is 7. The molecule has 0 amide bonds. The molecule has 0 saturated carbocycles. The van der Waals surface area contributed by atoms with Gasteiger partial charge in [0.1, 0.15) is 23.0 Å². The molecule has 6 rings (SSSR count). The van der Waals surface area contributed by atoms with E-state index in [1.165, 1.54) is 16.6 Å². The van der Waals surface area contributed by atoms with Gasteiger partial charge in [-0.2, -0.15) is 4.31 Å². The molecule has 4 atom stereocenters. The van der Waals surface area contributed by atoms with Crippen molar-refractivity contribution >= 4 is 38.6 Å². The third kappa shape index (κ3) is 5.40. The first-order chi connectivity index (χ1) is 20.3. The third-order valence-electron chi connectivity index (χ3n) is 8.33. The molecule has 2 bridgehead atoms. The number of nitrogens with zero attached hydrogens (tertiary/aromatic N) is 5. The quantitative estimate of drug-likeness (QED) is 0.352. The van der Waals surface area contributed by atoms with Crippen LogP contribution in [0.2, 0.25) is 5.02 Å². The number of fused-ring (bicyclic) bond motifs is 3. The summed E-state index contributed by atoms with van der Waals surface area (Å²) in [6.07, 6.45) is 0.245. The second-order valence-electron chi connectivity index (χ2n) is 12.2. The van der Waals surface area contributed by atoms with Gasteiger partial charge < -0.3 is 29.6 Å².